The number of allylic oxidation sites excluding steroid dienone is 1. The summed E-state index contributed by atoms with van der Waals surface area (Å²) in [6, 6.07) is 7.88. The number of amidine groups is 1. The fraction of sp³-hybridized carbons (Fsp3) is 0.348. The Bertz CT molecular complexity index is 991. The average Bonchev–Trinajstić information content (AvgIpc) is 3.45. The summed E-state index contributed by atoms with van der Waals surface area (Å²) in [7, 11) is 0. The van der Waals surface area contributed by atoms with Crippen molar-refractivity contribution in [2.24, 2.45) is 4.99 Å². The summed E-state index contributed by atoms with van der Waals surface area (Å²) in [5, 5.41) is 5.78. The zero-order valence-corrected chi connectivity index (χ0v) is 18.0. The van der Waals surface area contributed by atoms with Crippen LogP contribution in [0.1, 0.15) is 43.4 Å². The van der Waals surface area contributed by atoms with Gasteiger partial charge in [0.1, 0.15) is 6.61 Å². The molecule has 1 amide bonds. The monoisotopic (exact) mass is 423 g/mol. The molecule has 1 saturated carbocycles. The van der Waals surface area contributed by atoms with Crippen LogP contribution in [0.15, 0.2) is 64.3 Å². The van der Waals surface area contributed by atoms with Crippen molar-refractivity contribution in [1.82, 2.24) is 10.2 Å². The summed E-state index contributed by atoms with van der Waals surface area (Å²) < 4.78 is 5.40. The van der Waals surface area contributed by atoms with Crippen molar-refractivity contribution in [1.29, 1.82) is 0 Å². The molecule has 1 aliphatic carbocycles. The van der Waals surface area contributed by atoms with Gasteiger partial charge in [-0.1, -0.05) is 48.7 Å². The molecule has 0 saturated heterocycles. The third-order valence-electron chi connectivity index (χ3n) is 5.32. The van der Waals surface area contributed by atoms with Gasteiger partial charge in [0.05, 0.1) is 23.7 Å². The molecule has 3 aliphatic rings. The molecule has 0 radical (unpaired) electrons. The highest BCUT2D eigenvalue weighted by molar-refractivity contribution is 8.16. The van der Waals surface area contributed by atoms with Gasteiger partial charge in [-0.05, 0) is 43.2 Å². The summed E-state index contributed by atoms with van der Waals surface area (Å²) >= 11 is 1.48. The van der Waals surface area contributed by atoms with Crippen LogP contribution in [0.4, 0.5) is 0 Å². The highest BCUT2D eigenvalue weighted by Crippen LogP contribution is 2.45. The first-order valence-corrected chi connectivity index (χ1v) is 10.9. The number of nitrogens with zero attached hydrogens (tertiary/aromatic N) is 2. The van der Waals surface area contributed by atoms with Crippen LogP contribution < -0.4 is 5.32 Å². The van der Waals surface area contributed by atoms with Gasteiger partial charge in [-0.3, -0.25) is 4.79 Å². The Morgan fingerprint density at radius 1 is 1.33 bits per heavy atom. The van der Waals surface area contributed by atoms with E-state index < -0.39 is 12.0 Å². The molecule has 1 unspecified atom stereocenters. The van der Waals surface area contributed by atoms with E-state index in [4.69, 9.17) is 4.74 Å². The highest BCUT2D eigenvalue weighted by atomic mass is 32.2. The second kappa shape index (κ2) is 8.52. The maximum atomic E-state index is 13.0. The summed E-state index contributed by atoms with van der Waals surface area (Å²) in [6.07, 6.45) is 3.89. The van der Waals surface area contributed by atoms with Crippen molar-refractivity contribution in [3.05, 3.63) is 70.4 Å². The minimum Gasteiger partial charge on any atom is -0.458 e. The van der Waals surface area contributed by atoms with E-state index in [1.807, 2.05) is 48.4 Å². The minimum absolute atomic E-state index is 0.00353. The van der Waals surface area contributed by atoms with E-state index >= 15 is 0 Å². The number of hydrogen-bond acceptors (Lipinski definition) is 6. The largest absolute Gasteiger partial charge is 0.458 e. The van der Waals surface area contributed by atoms with Crippen molar-refractivity contribution >= 4 is 28.8 Å². The molecule has 1 aromatic rings. The van der Waals surface area contributed by atoms with Gasteiger partial charge in [0.2, 0.25) is 5.91 Å². The number of esters is 1. The molecule has 0 spiro atoms. The van der Waals surface area contributed by atoms with Gasteiger partial charge in [-0.25, -0.2) is 9.79 Å². The second-order valence-electron chi connectivity index (χ2n) is 7.66. The smallest absolute Gasteiger partial charge is 0.338 e. The van der Waals surface area contributed by atoms with Crippen molar-refractivity contribution < 1.29 is 14.3 Å². The zero-order valence-electron chi connectivity index (χ0n) is 17.2. The number of rotatable bonds is 7. The fourth-order valence-electron chi connectivity index (χ4n) is 3.70. The van der Waals surface area contributed by atoms with E-state index in [-0.39, 0.29) is 18.9 Å². The lowest BCUT2D eigenvalue weighted by molar-refractivity contribution is -0.138. The molecule has 156 valence electrons. The molecule has 1 N–H and O–H groups in total. The van der Waals surface area contributed by atoms with E-state index in [0.717, 1.165) is 34.8 Å². The molecule has 2 aliphatic heterocycles. The number of nitrogens with one attached hydrogen (secondary N) is 1. The molecule has 1 fully saturated rings. The van der Waals surface area contributed by atoms with Crippen LogP contribution in [-0.4, -0.2) is 34.6 Å². The molecule has 2 heterocycles. The molecule has 0 bridgehead atoms. The number of ether oxygens (including phenoxy) is 1. The fourth-order valence-corrected chi connectivity index (χ4v) is 4.67. The molecular weight excluding hydrogens is 398 g/mol. The number of hydrogen-bond donors (Lipinski definition) is 1. The summed E-state index contributed by atoms with van der Waals surface area (Å²) in [5.41, 5.74) is 4.01. The van der Waals surface area contributed by atoms with Crippen LogP contribution in [0.3, 0.4) is 0 Å². The predicted molar refractivity (Wildman–Crippen MR) is 119 cm³/mol. The number of amides is 1. The van der Waals surface area contributed by atoms with E-state index in [1.165, 1.54) is 11.8 Å². The Kier molecular flexibility index (Phi) is 5.81. The predicted octanol–water partition coefficient (Wildman–Crippen LogP) is 3.97. The Hall–Kier alpha value is -2.80. The molecular formula is C23H25N3O3S. The second-order valence-corrected chi connectivity index (χ2v) is 8.49. The van der Waals surface area contributed by atoms with E-state index in [1.54, 1.807) is 6.08 Å². The maximum absolute atomic E-state index is 13.0. The van der Waals surface area contributed by atoms with Gasteiger partial charge < -0.3 is 15.0 Å². The first kappa shape index (κ1) is 20.5. The van der Waals surface area contributed by atoms with Crippen LogP contribution >= 0.6 is 11.8 Å². The zero-order chi connectivity index (χ0) is 21.3. The quantitative estimate of drug-likeness (QED) is 0.531. The lowest BCUT2D eigenvalue weighted by Gasteiger charge is -2.37. The van der Waals surface area contributed by atoms with Gasteiger partial charge in [0.25, 0.3) is 0 Å². The number of aliphatic imine (C=N–C) groups is 1. The topological polar surface area (TPSA) is 71.0 Å². The number of carbonyl (C=O) groups is 2. The SMILES string of the molecule is C=CCOC(=O)C1=C(C)N=C2SC=C(CC(=O)NC3CC3)N2C1c1ccccc1C. The first-order chi connectivity index (χ1) is 14.5. The molecule has 6 nitrogen and oxygen atoms in total. The molecule has 4 rings (SSSR count). The lowest BCUT2D eigenvalue weighted by Crippen LogP contribution is -2.38. The van der Waals surface area contributed by atoms with Gasteiger partial charge in [-0.2, -0.15) is 0 Å². The van der Waals surface area contributed by atoms with Gasteiger partial charge in [0.15, 0.2) is 5.17 Å². The van der Waals surface area contributed by atoms with E-state index in [0.29, 0.717) is 17.3 Å². The van der Waals surface area contributed by atoms with Gasteiger partial charge >= 0.3 is 5.97 Å². The lowest BCUT2D eigenvalue weighted by atomic mass is 9.91. The van der Waals surface area contributed by atoms with Crippen molar-refractivity contribution in [2.75, 3.05) is 6.61 Å². The van der Waals surface area contributed by atoms with Crippen LogP contribution in [0.5, 0.6) is 0 Å². The third kappa shape index (κ3) is 4.07. The summed E-state index contributed by atoms with van der Waals surface area (Å²) in [4.78, 5) is 32.2. The normalized spacial score (nSPS) is 20.3. The Morgan fingerprint density at radius 3 is 2.80 bits per heavy atom. The first-order valence-electron chi connectivity index (χ1n) is 10.1. The van der Waals surface area contributed by atoms with Gasteiger partial charge in [0, 0.05) is 11.7 Å². The number of fused-ring (bicyclic) bond motifs is 1. The molecule has 1 atom stereocenters. The van der Waals surface area contributed by atoms with E-state index in [2.05, 4.69) is 16.9 Å². The van der Waals surface area contributed by atoms with Crippen molar-refractivity contribution in [3.63, 3.8) is 0 Å². The Balaban J connectivity index is 1.72. The van der Waals surface area contributed by atoms with E-state index in [9.17, 15) is 9.59 Å². The van der Waals surface area contributed by atoms with Crippen LogP contribution in [0.25, 0.3) is 0 Å². The molecule has 7 heteroatoms. The number of aryl methyl sites for hydroxylation is 1. The van der Waals surface area contributed by atoms with Crippen LogP contribution in [0, 0.1) is 6.92 Å². The van der Waals surface area contributed by atoms with Crippen molar-refractivity contribution in [3.8, 4) is 0 Å². The van der Waals surface area contributed by atoms with Crippen LogP contribution in [-0.2, 0) is 14.3 Å². The van der Waals surface area contributed by atoms with Gasteiger partial charge in [-0.15, -0.1) is 0 Å². The summed E-state index contributed by atoms with van der Waals surface area (Å²) in [5.74, 6) is -0.418. The van der Waals surface area contributed by atoms with Crippen LogP contribution in [0.2, 0.25) is 0 Å². The molecule has 30 heavy (non-hydrogen) atoms. The average molecular weight is 424 g/mol. The van der Waals surface area contributed by atoms with Crippen molar-refractivity contribution in [2.45, 2.75) is 45.2 Å². The Morgan fingerprint density at radius 2 is 2.10 bits per heavy atom. The third-order valence-corrected chi connectivity index (χ3v) is 6.21. The summed E-state index contributed by atoms with van der Waals surface area (Å²) in [6.45, 7) is 7.61. The highest BCUT2D eigenvalue weighted by Gasteiger charge is 2.41. The number of thioether (sulfide) groups is 1. The Labute approximate surface area is 180 Å². The standard InChI is InChI=1S/C23H25N3O3S/c1-4-11-29-22(28)20-15(3)24-23-26(21(20)18-8-6-5-7-14(18)2)17(13-30-23)12-19(27)25-16-9-10-16/h4-8,13,16,21H,1,9-12H2,2-3H3,(H,25,27). The minimum atomic E-state index is -0.415. The number of benzene rings is 1. The molecule has 0 aromatic heterocycles. The molecule has 1 aromatic carbocycles. The number of carbonyl (C=O) groups excluding carboxylic acids is 2. The maximum Gasteiger partial charge on any atom is 0.338 e.